The predicted molar refractivity (Wildman–Crippen MR) is 130 cm³/mol. The monoisotopic (exact) mass is 433 g/mol. The van der Waals surface area contributed by atoms with Crippen molar-refractivity contribution in [3.63, 3.8) is 0 Å². The molecule has 0 fully saturated rings. The number of amides is 1. The average Bonchev–Trinajstić information content (AvgIpc) is 3.39. The van der Waals surface area contributed by atoms with E-state index >= 15 is 0 Å². The van der Waals surface area contributed by atoms with Gasteiger partial charge in [0, 0.05) is 18.6 Å². The second kappa shape index (κ2) is 14.1. The van der Waals surface area contributed by atoms with E-state index in [4.69, 9.17) is 0 Å². The smallest absolute Gasteiger partial charge is 0.265 e. The molecule has 3 rings (SSSR count). The first-order valence-electron chi connectivity index (χ1n) is 10.5. The number of carbonyl (C=O) groups excluding carboxylic acids is 1. The van der Waals surface area contributed by atoms with E-state index in [1.807, 2.05) is 58.0 Å². The molecule has 2 heterocycles. The lowest BCUT2D eigenvalue weighted by Gasteiger charge is -2.20. The van der Waals surface area contributed by atoms with E-state index in [-0.39, 0.29) is 11.5 Å². The summed E-state index contributed by atoms with van der Waals surface area (Å²) < 4.78 is 1.40. The molecule has 0 saturated heterocycles. The van der Waals surface area contributed by atoms with Crippen molar-refractivity contribution in [2.75, 3.05) is 0 Å². The van der Waals surface area contributed by atoms with Gasteiger partial charge in [0.05, 0.1) is 6.04 Å². The minimum Gasteiger partial charge on any atom is -0.341 e. The van der Waals surface area contributed by atoms with Crippen molar-refractivity contribution < 1.29 is 4.79 Å². The van der Waals surface area contributed by atoms with E-state index < -0.39 is 17.5 Å². The summed E-state index contributed by atoms with van der Waals surface area (Å²) in [6.45, 7) is 15.5. The van der Waals surface area contributed by atoms with Gasteiger partial charge in [0.1, 0.15) is 5.56 Å². The Morgan fingerprint density at radius 3 is 2.34 bits per heavy atom. The lowest BCUT2D eigenvalue weighted by molar-refractivity contribution is 0.0941. The average molecular weight is 434 g/mol. The van der Waals surface area contributed by atoms with Crippen molar-refractivity contribution in [3.05, 3.63) is 113 Å². The van der Waals surface area contributed by atoms with Crippen molar-refractivity contribution in [2.45, 2.75) is 33.7 Å². The number of hydrogen-bond acceptors (Lipinski definition) is 4. The molecule has 1 atom stereocenters. The number of allylic oxidation sites excluding steroid dienone is 2. The molecule has 0 aliphatic heterocycles. The van der Waals surface area contributed by atoms with Crippen LogP contribution in [0.4, 0.5) is 0 Å². The second-order valence-electron chi connectivity index (χ2n) is 5.82. The molecule has 0 aliphatic carbocycles. The third-order valence-electron chi connectivity index (χ3n) is 4.04. The van der Waals surface area contributed by atoms with E-state index in [2.05, 4.69) is 33.5 Å². The molecule has 1 unspecified atom stereocenters. The highest BCUT2D eigenvalue weighted by molar-refractivity contribution is 5.94. The minimum atomic E-state index is -0.558. The molecular formula is C25H31N5O2. The summed E-state index contributed by atoms with van der Waals surface area (Å²) in [5.41, 5.74) is 0.935. The molecule has 1 amide bonds. The van der Waals surface area contributed by atoms with Gasteiger partial charge in [0.25, 0.3) is 11.5 Å². The molecule has 7 nitrogen and oxygen atoms in total. The Hall–Kier alpha value is -4.00. The Morgan fingerprint density at radius 1 is 1.12 bits per heavy atom. The number of H-pyrrole nitrogens is 1. The maximum Gasteiger partial charge on any atom is 0.265 e. The molecular weight excluding hydrogens is 402 g/mol. The van der Waals surface area contributed by atoms with Crippen molar-refractivity contribution in [3.8, 4) is 5.95 Å². The SMILES string of the molecule is C=C/C=C(\C=C)C(NC(=O)c1cnc(-n2cccn2)[nH]c1=O)c1ccccc1.CC.CC. The number of nitrogens with one attached hydrogen (secondary N) is 2. The Bertz CT molecular complexity index is 1070. The van der Waals surface area contributed by atoms with Gasteiger partial charge in [-0.15, -0.1) is 0 Å². The summed E-state index contributed by atoms with van der Waals surface area (Å²) in [5.74, 6) is -0.323. The van der Waals surface area contributed by atoms with Crippen LogP contribution in [0.5, 0.6) is 0 Å². The molecule has 32 heavy (non-hydrogen) atoms. The number of benzene rings is 1. The summed E-state index contributed by atoms with van der Waals surface area (Å²) >= 11 is 0. The van der Waals surface area contributed by atoms with E-state index in [1.165, 1.54) is 10.9 Å². The fourth-order valence-corrected chi connectivity index (χ4v) is 2.69. The van der Waals surface area contributed by atoms with Crippen LogP contribution in [-0.2, 0) is 0 Å². The van der Waals surface area contributed by atoms with Gasteiger partial charge in [-0.1, -0.05) is 89.4 Å². The molecule has 0 saturated carbocycles. The van der Waals surface area contributed by atoms with Crippen LogP contribution in [0.2, 0.25) is 0 Å². The van der Waals surface area contributed by atoms with Crippen LogP contribution in [0.3, 0.4) is 0 Å². The van der Waals surface area contributed by atoms with Gasteiger partial charge in [-0.2, -0.15) is 5.10 Å². The van der Waals surface area contributed by atoms with Crippen LogP contribution in [0.1, 0.15) is 49.7 Å². The van der Waals surface area contributed by atoms with E-state index in [9.17, 15) is 9.59 Å². The zero-order valence-corrected chi connectivity index (χ0v) is 19.1. The van der Waals surface area contributed by atoms with Gasteiger partial charge >= 0.3 is 0 Å². The van der Waals surface area contributed by atoms with Crippen molar-refractivity contribution >= 4 is 5.91 Å². The standard InChI is InChI=1S/C21H19N5O2.2C2H6/c1-3-9-15(4-2)18(16-10-6-5-7-11-16)24-19(27)17-14-22-21(25-20(17)28)26-13-8-12-23-26;2*1-2/h3-14,18H,1-2H2,(H,24,27)(H,22,25,28);2*1-2H3/b15-9+;;. The second-order valence-corrected chi connectivity index (χ2v) is 5.82. The van der Waals surface area contributed by atoms with Crippen LogP contribution in [0.25, 0.3) is 5.95 Å². The van der Waals surface area contributed by atoms with Gasteiger partial charge in [0.2, 0.25) is 5.95 Å². The van der Waals surface area contributed by atoms with Gasteiger partial charge in [-0.3, -0.25) is 14.6 Å². The van der Waals surface area contributed by atoms with Crippen LogP contribution >= 0.6 is 0 Å². The minimum absolute atomic E-state index is 0.0983. The maximum atomic E-state index is 12.8. The molecule has 1 aromatic carbocycles. The number of aromatic nitrogens is 4. The molecule has 0 spiro atoms. The number of carbonyl (C=O) groups is 1. The summed E-state index contributed by atoms with van der Waals surface area (Å²) in [5, 5.41) is 6.87. The number of aromatic amines is 1. The first-order chi connectivity index (χ1) is 15.6. The summed E-state index contributed by atoms with van der Waals surface area (Å²) in [6, 6.07) is 10.6. The normalized spacial score (nSPS) is 11.1. The topological polar surface area (TPSA) is 92.7 Å². The quantitative estimate of drug-likeness (QED) is 0.525. The first kappa shape index (κ1) is 26.0. The zero-order valence-electron chi connectivity index (χ0n) is 19.1. The molecule has 0 aliphatic rings. The van der Waals surface area contributed by atoms with E-state index in [0.717, 1.165) is 11.1 Å². The molecule has 0 bridgehead atoms. The first-order valence-corrected chi connectivity index (χ1v) is 10.5. The van der Waals surface area contributed by atoms with Gasteiger partial charge in [0.15, 0.2) is 0 Å². The molecule has 0 radical (unpaired) electrons. The fraction of sp³-hybridized carbons (Fsp3) is 0.200. The third kappa shape index (κ3) is 6.77. The maximum absolute atomic E-state index is 12.8. The third-order valence-corrected chi connectivity index (χ3v) is 4.04. The molecule has 3 aromatic rings. The molecule has 2 N–H and O–H groups in total. The lowest BCUT2D eigenvalue weighted by atomic mass is 9.97. The summed E-state index contributed by atoms with van der Waals surface area (Å²) in [6.07, 6.45) is 9.45. The molecule has 7 heteroatoms. The van der Waals surface area contributed by atoms with Crippen LogP contribution in [0, 0.1) is 0 Å². The summed E-state index contributed by atoms with van der Waals surface area (Å²) in [4.78, 5) is 31.9. The van der Waals surface area contributed by atoms with Crippen molar-refractivity contribution in [1.82, 2.24) is 25.1 Å². The Morgan fingerprint density at radius 2 is 1.81 bits per heavy atom. The predicted octanol–water partition coefficient (Wildman–Crippen LogP) is 4.78. The van der Waals surface area contributed by atoms with Crippen molar-refractivity contribution in [2.24, 2.45) is 0 Å². The van der Waals surface area contributed by atoms with Crippen molar-refractivity contribution in [1.29, 1.82) is 0 Å². The van der Waals surface area contributed by atoms with Gasteiger partial charge in [-0.25, -0.2) is 9.67 Å². The summed E-state index contributed by atoms with van der Waals surface area (Å²) in [7, 11) is 0. The van der Waals surface area contributed by atoms with Crippen LogP contribution in [0.15, 0.2) is 96.7 Å². The lowest BCUT2D eigenvalue weighted by Crippen LogP contribution is -2.34. The van der Waals surface area contributed by atoms with E-state index in [1.54, 1.807) is 36.7 Å². The Kier molecular flexibility index (Phi) is 11.5. The number of rotatable bonds is 7. The highest BCUT2D eigenvalue weighted by Crippen LogP contribution is 2.23. The number of nitrogens with zero attached hydrogens (tertiary/aromatic N) is 3. The highest BCUT2D eigenvalue weighted by Gasteiger charge is 2.20. The molecule has 168 valence electrons. The molecule has 2 aromatic heterocycles. The van der Waals surface area contributed by atoms with Crippen LogP contribution in [-0.4, -0.2) is 25.7 Å². The largest absolute Gasteiger partial charge is 0.341 e. The number of hydrogen-bond donors (Lipinski definition) is 2. The zero-order chi connectivity index (χ0) is 23.9. The Balaban J connectivity index is 0.00000121. The Labute approximate surface area is 189 Å². The van der Waals surface area contributed by atoms with E-state index in [0.29, 0.717) is 0 Å². The fourth-order valence-electron chi connectivity index (χ4n) is 2.69. The van der Waals surface area contributed by atoms with Crippen LogP contribution < -0.4 is 10.9 Å². The van der Waals surface area contributed by atoms with Gasteiger partial charge in [-0.05, 0) is 17.2 Å². The van der Waals surface area contributed by atoms with Gasteiger partial charge < -0.3 is 5.32 Å². The highest BCUT2D eigenvalue weighted by atomic mass is 16.2.